The standard InChI is InChI=1S/C4H7NO3S/c6-9(7)4-3-5-1-2-8-4/h5H,1-3H2. The number of morpholine rings is 1. The zero-order chi connectivity index (χ0) is 6.69. The van der Waals surface area contributed by atoms with Crippen LogP contribution in [0.25, 0.3) is 0 Å². The molecule has 1 rings (SSSR count). The summed E-state index contributed by atoms with van der Waals surface area (Å²) in [5.41, 5.74) is 0. The van der Waals surface area contributed by atoms with Gasteiger partial charge in [0.1, 0.15) is 0 Å². The molecule has 1 aliphatic rings. The lowest BCUT2D eigenvalue weighted by atomic mass is 10.5. The van der Waals surface area contributed by atoms with Crippen molar-refractivity contribution in [2.24, 2.45) is 0 Å². The fourth-order valence-electron chi connectivity index (χ4n) is 0.586. The molecule has 5 heteroatoms. The third-order valence-corrected chi connectivity index (χ3v) is 1.63. The summed E-state index contributed by atoms with van der Waals surface area (Å²) in [6, 6.07) is 0. The van der Waals surface area contributed by atoms with E-state index in [1.54, 1.807) is 0 Å². The van der Waals surface area contributed by atoms with E-state index >= 15 is 0 Å². The fraction of sp³-hybridized carbons (Fsp3) is 0.750. The van der Waals surface area contributed by atoms with Gasteiger partial charge in [0.2, 0.25) is 10.3 Å². The normalized spacial score (nSPS) is 19.8. The Balaban J connectivity index is 2.72. The highest BCUT2D eigenvalue weighted by molar-refractivity contribution is 7.72. The number of hydrogen-bond acceptors (Lipinski definition) is 4. The van der Waals surface area contributed by atoms with Crippen molar-refractivity contribution in [2.45, 2.75) is 0 Å². The Morgan fingerprint density at radius 1 is 1.56 bits per heavy atom. The van der Waals surface area contributed by atoms with Crippen LogP contribution in [0.2, 0.25) is 0 Å². The van der Waals surface area contributed by atoms with Crippen LogP contribution in [0.4, 0.5) is 0 Å². The van der Waals surface area contributed by atoms with Crippen LogP contribution in [0.5, 0.6) is 0 Å². The van der Waals surface area contributed by atoms with Gasteiger partial charge in [-0.3, -0.25) is 0 Å². The van der Waals surface area contributed by atoms with Gasteiger partial charge >= 0.3 is 0 Å². The minimum absolute atomic E-state index is 0.112. The van der Waals surface area contributed by atoms with Gasteiger partial charge in [-0.05, 0) is 0 Å². The van der Waals surface area contributed by atoms with E-state index in [1.165, 1.54) is 0 Å². The summed E-state index contributed by atoms with van der Waals surface area (Å²) in [6.45, 7) is 1.50. The summed E-state index contributed by atoms with van der Waals surface area (Å²) in [6.07, 6.45) is 0. The van der Waals surface area contributed by atoms with Crippen molar-refractivity contribution in [3.05, 3.63) is 0 Å². The second-order valence-electron chi connectivity index (χ2n) is 1.63. The summed E-state index contributed by atoms with van der Waals surface area (Å²) in [7, 11) is -2.17. The average molecular weight is 149 g/mol. The minimum Gasteiger partial charge on any atom is -0.333 e. The Morgan fingerprint density at radius 2 is 2.33 bits per heavy atom. The maximum atomic E-state index is 10.2. The van der Waals surface area contributed by atoms with Gasteiger partial charge in [-0.25, -0.2) is 0 Å². The van der Waals surface area contributed by atoms with E-state index in [-0.39, 0.29) is 5.05 Å². The molecular weight excluding hydrogens is 142 g/mol. The summed E-state index contributed by atoms with van der Waals surface area (Å²) in [5.74, 6) is 0. The van der Waals surface area contributed by atoms with Crippen LogP contribution in [0.15, 0.2) is 0 Å². The predicted molar refractivity (Wildman–Crippen MR) is 32.7 cm³/mol. The zero-order valence-electron chi connectivity index (χ0n) is 4.75. The summed E-state index contributed by atoms with van der Waals surface area (Å²) >= 11 is 0. The minimum atomic E-state index is -2.17. The lowest BCUT2D eigenvalue weighted by Crippen LogP contribution is -2.35. The van der Waals surface area contributed by atoms with Crippen LogP contribution in [-0.2, 0) is 15.0 Å². The largest absolute Gasteiger partial charge is 0.333 e. The molecule has 52 valence electrons. The fourth-order valence-corrected chi connectivity index (χ4v) is 0.985. The Labute approximate surface area is 54.4 Å². The SMILES string of the molecule is O=S(=O)=C1CNCCO1. The Bertz CT molecular complexity index is 202. The molecule has 0 aromatic heterocycles. The van der Waals surface area contributed by atoms with Gasteiger partial charge < -0.3 is 10.1 Å². The highest BCUT2D eigenvalue weighted by Crippen LogP contribution is 1.83. The van der Waals surface area contributed by atoms with E-state index in [4.69, 9.17) is 4.74 Å². The van der Waals surface area contributed by atoms with E-state index in [2.05, 4.69) is 5.32 Å². The van der Waals surface area contributed by atoms with E-state index in [0.29, 0.717) is 13.2 Å². The molecule has 4 nitrogen and oxygen atoms in total. The van der Waals surface area contributed by atoms with Crippen LogP contribution < -0.4 is 5.32 Å². The molecule has 0 saturated carbocycles. The number of nitrogens with one attached hydrogen (secondary N) is 1. The summed E-state index contributed by atoms with van der Waals surface area (Å²) < 4.78 is 25.1. The van der Waals surface area contributed by atoms with E-state index in [0.717, 1.165) is 6.54 Å². The first-order valence-corrected chi connectivity index (χ1v) is 3.67. The van der Waals surface area contributed by atoms with E-state index in [1.807, 2.05) is 0 Å². The van der Waals surface area contributed by atoms with Gasteiger partial charge in [-0.15, -0.1) is 0 Å². The second kappa shape index (κ2) is 2.95. The molecule has 1 aliphatic heterocycles. The predicted octanol–water partition coefficient (Wildman–Crippen LogP) is -1.38. The molecule has 0 amide bonds. The molecule has 0 atom stereocenters. The van der Waals surface area contributed by atoms with E-state index < -0.39 is 10.3 Å². The number of rotatable bonds is 0. The van der Waals surface area contributed by atoms with Crippen molar-refractivity contribution < 1.29 is 13.2 Å². The lowest BCUT2D eigenvalue weighted by molar-refractivity contribution is 0.279. The lowest BCUT2D eigenvalue weighted by Gasteiger charge is -2.11. The number of hydrogen-bond donors (Lipinski definition) is 1. The molecule has 1 heterocycles. The Kier molecular flexibility index (Phi) is 2.21. The topological polar surface area (TPSA) is 55.4 Å². The quantitative estimate of drug-likeness (QED) is 0.431. The molecular formula is C4H7NO3S. The monoisotopic (exact) mass is 149 g/mol. The molecule has 0 spiro atoms. The van der Waals surface area contributed by atoms with E-state index in [9.17, 15) is 8.42 Å². The van der Waals surface area contributed by atoms with Crippen molar-refractivity contribution in [1.29, 1.82) is 0 Å². The Hall–Kier alpha value is -0.390. The van der Waals surface area contributed by atoms with Crippen molar-refractivity contribution in [3.8, 4) is 0 Å². The van der Waals surface area contributed by atoms with Crippen LogP contribution in [-0.4, -0.2) is 33.2 Å². The van der Waals surface area contributed by atoms with Crippen LogP contribution in [0.3, 0.4) is 0 Å². The average Bonchev–Trinajstić information content (AvgIpc) is 1.90. The smallest absolute Gasteiger partial charge is 0.242 e. The van der Waals surface area contributed by atoms with Crippen molar-refractivity contribution in [3.63, 3.8) is 0 Å². The molecule has 0 bridgehead atoms. The molecule has 9 heavy (non-hydrogen) atoms. The van der Waals surface area contributed by atoms with Crippen molar-refractivity contribution in [2.75, 3.05) is 19.7 Å². The first-order chi connectivity index (χ1) is 4.30. The van der Waals surface area contributed by atoms with Gasteiger partial charge in [0.05, 0.1) is 13.2 Å². The molecule has 0 aromatic rings. The number of ether oxygens (including phenoxy) is 1. The second-order valence-corrected chi connectivity index (χ2v) is 2.56. The van der Waals surface area contributed by atoms with Crippen LogP contribution >= 0.6 is 0 Å². The first-order valence-electron chi connectivity index (χ1n) is 2.59. The summed E-state index contributed by atoms with van der Waals surface area (Å²) in [5, 5.41) is 2.97. The maximum absolute atomic E-state index is 10.2. The Morgan fingerprint density at radius 3 is 2.67 bits per heavy atom. The molecule has 0 aliphatic carbocycles. The van der Waals surface area contributed by atoms with Gasteiger partial charge in [0, 0.05) is 6.54 Å². The third kappa shape index (κ3) is 1.78. The molecule has 1 saturated heterocycles. The molecule has 0 aromatic carbocycles. The van der Waals surface area contributed by atoms with Gasteiger partial charge in [-0.1, -0.05) is 0 Å². The highest BCUT2D eigenvalue weighted by Gasteiger charge is 2.06. The van der Waals surface area contributed by atoms with Gasteiger partial charge in [0.15, 0.2) is 5.05 Å². The van der Waals surface area contributed by atoms with Crippen LogP contribution in [0, 0.1) is 0 Å². The molecule has 1 N–H and O–H groups in total. The third-order valence-electron chi connectivity index (χ3n) is 0.997. The van der Waals surface area contributed by atoms with Gasteiger partial charge in [-0.2, -0.15) is 8.42 Å². The maximum Gasteiger partial charge on any atom is 0.242 e. The molecule has 1 fully saturated rings. The van der Waals surface area contributed by atoms with Crippen molar-refractivity contribution >= 4 is 15.3 Å². The molecule has 0 unspecified atom stereocenters. The zero-order valence-corrected chi connectivity index (χ0v) is 5.57. The van der Waals surface area contributed by atoms with Gasteiger partial charge in [0.25, 0.3) is 0 Å². The molecule has 0 radical (unpaired) electrons. The first kappa shape index (κ1) is 6.73. The highest BCUT2D eigenvalue weighted by atomic mass is 32.2. The van der Waals surface area contributed by atoms with Crippen molar-refractivity contribution in [1.82, 2.24) is 5.32 Å². The van der Waals surface area contributed by atoms with Crippen LogP contribution in [0.1, 0.15) is 0 Å². The summed E-state index contributed by atoms with van der Waals surface area (Å²) in [4.78, 5) is 0.